The number of nitrogens with one attached hydrogen (secondary N) is 1. The fourth-order valence-corrected chi connectivity index (χ4v) is 3.52. The van der Waals surface area contributed by atoms with Gasteiger partial charge in [0, 0.05) is 45.6 Å². The molecule has 2 aromatic rings. The Labute approximate surface area is 139 Å². The van der Waals surface area contributed by atoms with Crippen molar-refractivity contribution in [1.29, 1.82) is 0 Å². The van der Waals surface area contributed by atoms with E-state index in [1.807, 2.05) is 18.5 Å². The SMILES string of the molecule is COc1ccc(CN2CCNCC2c2nccn2C)cc1Br. The van der Waals surface area contributed by atoms with E-state index in [0.29, 0.717) is 6.04 Å². The van der Waals surface area contributed by atoms with Crippen molar-refractivity contribution in [3.8, 4) is 5.75 Å². The smallest absolute Gasteiger partial charge is 0.133 e. The number of nitrogens with zero attached hydrogens (tertiary/aromatic N) is 3. The predicted molar refractivity (Wildman–Crippen MR) is 89.9 cm³/mol. The molecule has 6 heteroatoms. The first kappa shape index (κ1) is 15.5. The zero-order chi connectivity index (χ0) is 15.5. The van der Waals surface area contributed by atoms with Crippen LogP contribution in [0.1, 0.15) is 17.4 Å². The third kappa shape index (κ3) is 3.19. The molecule has 1 aromatic carbocycles. The molecule has 3 rings (SSSR count). The van der Waals surface area contributed by atoms with Crippen molar-refractivity contribution in [2.75, 3.05) is 26.7 Å². The summed E-state index contributed by atoms with van der Waals surface area (Å²) in [5, 5.41) is 3.47. The molecule has 0 radical (unpaired) electrons. The zero-order valence-corrected chi connectivity index (χ0v) is 14.5. The quantitative estimate of drug-likeness (QED) is 0.903. The molecule has 0 bridgehead atoms. The number of ether oxygens (including phenoxy) is 1. The van der Waals surface area contributed by atoms with Gasteiger partial charge in [0.25, 0.3) is 0 Å². The summed E-state index contributed by atoms with van der Waals surface area (Å²) in [6.45, 7) is 3.86. The summed E-state index contributed by atoms with van der Waals surface area (Å²) in [4.78, 5) is 7.01. The van der Waals surface area contributed by atoms with E-state index in [-0.39, 0.29) is 0 Å². The molecule has 0 aliphatic carbocycles. The minimum Gasteiger partial charge on any atom is -0.496 e. The van der Waals surface area contributed by atoms with Crippen LogP contribution in [0.4, 0.5) is 0 Å². The van der Waals surface area contributed by atoms with Crippen LogP contribution in [0.25, 0.3) is 0 Å². The minimum atomic E-state index is 0.301. The molecule has 1 fully saturated rings. The van der Waals surface area contributed by atoms with E-state index in [9.17, 15) is 0 Å². The number of halogens is 1. The molecule has 1 aromatic heterocycles. The van der Waals surface area contributed by atoms with Crippen LogP contribution in [0.5, 0.6) is 5.75 Å². The van der Waals surface area contributed by atoms with Crippen LogP contribution >= 0.6 is 15.9 Å². The molecule has 2 heterocycles. The Hall–Kier alpha value is -1.37. The first-order chi connectivity index (χ1) is 10.7. The Balaban J connectivity index is 1.80. The number of hydrogen-bond acceptors (Lipinski definition) is 4. The lowest BCUT2D eigenvalue weighted by Gasteiger charge is -2.35. The Morgan fingerprint density at radius 1 is 1.45 bits per heavy atom. The van der Waals surface area contributed by atoms with E-state index < -0.39 is 0 Å². The average Bonchev–Trinajstić information content (AvgIpc) is 2.94. The average molecular weight is 365 g/mol. The van der Waals surface area contributed by atoms with Gasteiger partial charge in [0.15, 0.2) is 0 Å². The Bertz CT molecular complexity index is 643. The molecule has 0 spiro atoms. The number of methoxy groups -OCH3 is 1. The number of aromatic nitrogens is 2. The van der Waals surface area contributed by atoms with E-state index >= 15 is 0 Å². The van der Waals surface area contributed by atoms with Crippen molar-refractivity contribution < 1.29 is 4.74 Å². The molecule has 1 N–H and O–H groups in total. The normalized spacial score (nSPS) is 19.3. The van der Waals surface area contributed by atoms with Gasteiger partial charge in [-0.2, -0.15) is 0 Å². The predicted octanol–water partition coefficient (Wildman–Crippen LogP) is 2.34. The van der Waals surface area contributed by atoms with Gasteiger partial charge in [0.1, 0.15) is 11.6 Å². The monoisotopic (exact) mass is 364 g/mol. The van der Waals surface area contributed by atoms with Gasteiger partial charge in [-0.3, -0.25) is 4.90 Å². The Morgan fingerprint density at radius 2 is 2.32 bits per heavy atom. The van der Waals surface area contributed by atoms with Crippen LogP contribution in [0.2, 0.25) is 0 Å². The van der Waals surface area contributed by atoms with Gasteiger partial charge in [-0.05, 0) is 33.6 Å². The van der Waals surface area contributed by atoms with Crippen LogP contribution in [0, 0.1) is 0 Å². The fraction of sp³-hybridized carbons (Fsp3) is 0.438. The molecule has 1 aliphatic heterocycles. The van der Waals surface area contributed by atoms with E-state index in [4.69, 9.17) is 4.74 Å². The molecule has 0 amide bonds. The van der Waals surface area contributed by atoms with Gasteiger partial charge in [0.05, 0.1) is 17.6 Å². The molecule has 5 nitrogen and oxygen atoms in total. The van der Waals surface area contributed by atoms with Crippen LogP contribution in [-0.2, 0) is 13.6 Å². The highest BCUT2D eigenvalue weighted by molar-refractivity contribution is 9.10. The van der Waals surface area contributed by atoms with Gasteiger partial charge in [-0.15, -0.1) is 0 Å². The molecule has 1 saturated heterocycles. The van der Waals surface area contributed by atoms with Crippen molar-refractivity contribution >= 4 is 15.9 Å². The second kappa shape index (κ2) is 6.81. The molecular formula is C16H21BrN4O. The van der Waals surface area contributed by atoms with Crippen molar-refractivity contribution in [2.45, 2.75) is 12.6 Å². The first-order valence-electron chi connectivity index (χ1n) is 7.43. The molecular weight excluding hydrogens is 344 g/mol. The first-order valence-corrected chi connectivity index (χ1v) is 8.22. The Kier molecular flexibility index (Phi) is 4.81. The van der Waals surface area contributed by atoms with Gasteiger partial charge >= 0.3 is 0 Å². The Morgan fingerprint density at radius 3 is 3.00 bits per heavy atom. The molecule has 1 atom stereocenters. The van der Waals surface area contributed by atoms with Crippen LogP contribution in [0.3, 0.4) is 0 Å². The number of rotatable bonds is 4. The summed E-state index contributed by atoms with van der Waals surface area (Å²) < 4.78 is 8.40. The van der Waals surface area contributed by atoms with E-state index in [1.165, 1.54) is 5.56 Å². The maximum absolute atomic E-state index is 5.30. The van der Waals surface area contributed by atoms with Gasteiger partial charge in [0.2, 0.25) is 0 Å². The van der Waals surface area contributed by atoms with Crippen molar-refractivity contribution in [3.05, 3.63) is 46.5 Å². The molecule has 1 unspecified atom stereocenters. The van der Waals surface area contributed by atoms with Crippen molar-refractivity contribution in [3.63, 3.8) is 0 Å². The minimum absolute atomic E-state index is 0.301. The number of piperazine rings is 1. The number of aryl methyl sites for hydroxylation is 1. The summed E-state index contributed by atoms with van der Waals surface area (Å²) in [6, 6.07) is 6.57. The highest BCUT2D eigenvalue weighted by Crippen LogP contribution is 2.28. The summed E-state index contributed by atoms with van der Waals surface area (Å²) >= 11 is 3.57. The lowest BCUT2D eigenvalue weighted by Crippen LogP contribution is -2.46. The summed E-state index contributed by atoms with van der Waals surface area (Å²) in [7, 11) is 3.74. The largest absolute Gasteiger partial charge is 0.496 e. The van der Waals surface area contributed by atoms with Gasteiger partial charge < -0.3 is 14.6 Å². The van der Waals surface area contributed by atoms with Crippen molar-refractivity contribution in [2.24, 2.45) is 7.05 Å². The fourth-order valence-electron chi connectivity index (χ4n) is 2.93. The summed E-state index contributed by atoms with van der Waals surface area (Å²) in [5.74, 6) is 1.98. The standard InChI is InChI=1S/C16H21BrN4O/c1-20-7-6-19-16(20)14-10-18-5-8-21(14)11-12-3-4-15(22-2)13(17)9-12/h3-4,6-7,9,14,18H,5,8,10-11H2,1-2H3. The maximum Gasteiger partial charge on any atom is 0.133 e. The van der Waals surface area contributed by atoms with Gasteiger partial charge in [-0.1, -0.05) is 6.07 Å². The number of hydrogen-bond donors (Lipinski definition) is 1. The lowest BCUT2D eigenvalue weighted by atomic mass is 10.1. The van der Waals surface area contributed by atoms with E-state index in [1.54, 1.807) is 7.11 Å². The molecule has 0 saturated carbocycles. The second-order valence-corrected chi connectivity index (χ2v) is 6.41. The van der Waals surface area contributed by atoms with E-state index in [0.717, 1.165) is 42.2 Å². The van der Waals surface area contributed by atoms with Crippen LogP contribution < -0.4 is 10.1 Å². The lowest BCUT2D eigenvalue weighted by molar-refractivity contribution is 0.144. The topological polar surface area (TPSA) is 42.3 Å². The van der Waals surface area contributed by atoms with E-state index in [2.05, 4.69) is 54.9 Å². The number of benzene rings is 1. The van der Waals surface area contributed by atoms with Crippen molar-refractivity contribution in [1.82, 2.24) is 19.8 Å². The number of imidazole rings is 1. The second-order valence-electron chi connectivity index (χ2n) is 5.56. The summed E-state index contributed by atoms with van der Waals surface area (Å²) in [6.07, 6.45) is 3.87. The van der Waals surface area contributed by atoms with Crippen LogP contribution in [0.15, 0.2) is 35.1 Å². The molecule has 1 aliphatic rings. The third-order valence-corrected chi connectivity index (χ3v) is 4.73. The highest BCUT2D eigenvalue weighted by atomic mass is 79.9. The van der Waals surface area contributed by atoms with Gasteiger partial charge in [-0.25, -0.2) is 4.98 Å². The van der Waals surface area contributed by atoms with Crippen LogP contribution in [-0.4, -0.2) is 41.2 Å². The highest BCUT2D eigenvalue weighted by Gasteiger charge is 2.26. The molecule has 22 heavy (non-hydrogen) atoms. The third-order valence-electron chi connectivity index (χ3n) is 4.11. The molecule has 118 valence electrons. The maximum atomic E-state index is 5.30. The zero-order valence-electron chi connectivity index (χ0n) is 12.9. The summed E-state index contributed by atoms with van der Waals surface area (Å²) in [5.41, 5.74) is 1.27.